The zero-order chi connectivity index (χ0) is 13.2. The molecule has 0 aliphatic carbocycles. The van der Waals surface area contributed by atoms with E-state index in [1.165, 1.54) is 44.5 Å². The molecule has 0 bridgehead atoms. The fourth-order valence-electron chi connectivity index (χ4n) is 2.24. The number of hydrogen-bond donors (Lipinski definition) is 0. The number of benzene rings is 1. The van der Waals surface area contributed by atoms with Gasteiger partial charge >= 0.3 is 0 Å². The SMILES string of the molecule is CCCN(CCC)CCCc1ccc(C=O)cc1.Cl. The highest BCUT2D eigenvalue weighted by atomic mass is 35.5. The van der Waals surface area contributed by atoms with E-state index in [9.17, 15) is 4.79 Å². The summed E-state index contributed by atoms with van der Waals surface area (Å²) in [6.07, 6.45) is 5.65. The van der Waals surface area contributed by atoms with Crippen LogP contribution < -0.4 is 0 Å². The van der Waals surface area contributed by atoms with Crippen molar-refractivity contribution in [3.05, 3.63) is 35.4 Å². The van der Waals surface area contributed by atoms with Crippen LogP contribution in [0.4, 0.5) is 0 Å². The molecule has 0 aliphatic heterocycles. The zero-order valence-electron chi connectivity index (χ0n) is 12.1. The van der Waals surface area contributed by atoms with E-state index >= 15 is 0 Å². The summed E-state index contributed by atoms with van der Waals surface area (Å²) < 4.78 is 0. The Morgan fingerprint density at radius 3 is 2.05 bits per heavy atom. The second-order valence-corrected chi connectivity index (χ2v) is 4.80. The van der Waals surface area contributed by atoms with Gasteiger partial charge in [0.2, 0.25) is 0 Å². The first-order chi connectivity index (χ1) is 8.80. The minimum absolute atomic E-state index is 0. The lowest BCUT2D eigenvalue weighted by atomic mass is 10.1. The number of hydrogen-bond acceptors (Lipinski definition) is 2. The molecule has 0 amide bonds. The van der Waals surface area contributed by atoms with E-state index in [1.807, 2.05) is 12.1 Å². The molecule has 0 fully saturated rings. The van der Waals surface area contributed by atoms with Crippen LogP contribution in [0.25, 0.3) is 0 Å². The summed E-state index contributed by atoms with van der Waals surface area (Å²) >= 11 is 0. The van der Waals surface area contributed by atoms with Crippen molar-refractivity contribution in [3.63, 3.8) is 0 Å². The average Bonchev–Trinajstić information content (AvgIpc) is 2.40. The molecule has 108 valence electrons. The summed E-state index contributed by atoms with van der Waals surface area (Å²) in [5.74, 6) is 0. The van der Waals surface area contributed by atoms with Gasteiger partial charge in [-0.25, -0.2) is 0 Å². The van der Waals surface area contributed by atoms with Crippen LogP contribution in [0.5, 0.6) is 0 Å². The molecule has 0 spiro atoms. The van der Waals surface area contributed by atoms with E-state index in [0.29, 0.717) is 0 Å². The van der Waals surface area contributed by atoms with Crippen molar-refractivity contribution in [2.45, 2.75) is 39.5 Å². The first-order valence-corrected chi connectivity index (χ1v) is 7.06. The van der Waals surface area contributed by atoms with Crippen LogP contribution in [0.15, 0.2) is 24.3 Å². The van der Waals surface area contributed by atoms with Gasteiger partial charge in [0, 0.05) is 5.56 Å². The fraction of sp³-hybridized carbons (Fsp3) is 0.562. The molecule has 0 aliphatic rings. The summed E-state index contributed by atoms with van der Waals surface area (Å²) in [6.45, 7) is 8.06. The molecule has 1 aromatic rings. The highest BCUT2D eigenvalue weighted by molar-refractivity contribution is 5.85. The lowest BCUT2D eigenvalue weighted by molar-refractivity contribution is 0.112. The number of aryl methyl sites for hydroxylation is 1. The van der Waals surface area contributed by atoms with Gasteiger partial charge in [-0.2, -0.15) is 0 Å². The largest absolute Gasteiger partial charge is 0.303 e. The number of carbonyl (C=O) groups excluding carboxylic acids is 1. The Kier molecular flexibility index (Phi) is 10.5. The van der Waals surface area contributed by atoms with Gasteiger partial charge in [0.15, 0.2) is 0 Å². The van der Waals surface area contributed by atoms with E-state index < -0.39 is 0 Å². The molecule has 0 saturated carbocycles. The van der Waals surface area contributed by atoms with Gasteiger partial charge in [-0.1, -0.05) is 38.1 Å². The summed E-state index contributed by atoms with van der Waals surface area (Å²) in [5, 5.41) is 0. The molecule has 0 N–H and O–H groups in total. The van der Waals surface area contributed by atoms with Crippen LogP contribution >= 0.6 is 12.4 Å². The Balaban J connectivity index is 0.00000324. The second kappa shape index (κ2) is 11.0. The molecule has 0 saturated heterocycles. The maximum Gasteiger partial charge on any atom is 0.150 e. The van der Waals surface area contributed by atoms with Crippen molar-refractivity contribution in [1.29, 1.82) is 0 Å². The Hall–Kier alpha value is -0.860. The summed E-state index contributed by atoms with van der Waals surface area (Å²) in [4.78, 5) is 13.1. The molecular weight excluding hydrogens is 258 g/mol. The number of nitrogens with zero attached hydrogens (tertiary/aromatic N) is 1. The van der Waals surface area contributed by atoms with Crippen LogP contribution in [0, 0.1) is 0 Å². The first kappa shape index (κ1) is 18.1. The Bertz CT molecular complexity index is 331. The van der Waals surface area contributed by atoms with Gasteiger partial charge in [-0.3, -0.25) is 4.79 Å². The molecule has 0 unspecified atom stereocenters. The summed E-state index contributed by atoms with van der Waals surface area (Å²) in [5.41, 5.74) is 2.09. The average molecular weight is 284 g/mol. The van der Waals surface area contributed by atoms with E-state index in [0.717, 1.165) is 18.3 Å². The minimum Gasteiger partial charge on any atom is -0.303 e. The van der Waals surface area contributed by atoms with E-state index in [4.69, 9.17) is 0 Å². The normalized spacial score (nSPS) is 10.3. The standard InChI is InChI=1S/C16H25NO.ClH/c1-3-11-17(12-4-2)13-5-6-15-7-9-16(14-18)10-8-15;/h7-10,14H,3-6,11-13H2,1-2H3;1H. The van der Waals surface area contributed by atoms with Gasteiger partial charge in [-0.05, 0) is 50.9 Å². The third-order valence-corrected chi connectivity index (χ3v) is 3.14. The lowest BCUT2D eigenvalue weighted by Gasteiger charge is -2.20. The van der Waals surface area contributed by atoms with E-state index in [2.05, 4.69) is 30.9 Å². The van der Waals surface area contributed by atoms with Gasteiger partial charge < -0.3 is 4.90 Å². The minimum atomic E-state index is 0. The predicted octanol–water partition coefficient (Wildman–Crippen LogP) is 3.98. The molecule has 0 aromatic heterocycles. The topological polar surface area (TPSA) is 20.3 Å². The molecule has 19 heavy (non-hydrogen) atoms. The third kappa shape index (κ3) is 7.34. The number of rotatable bonds is 9. The number of aldehydes is 1. The van der Waals surface area contributed by atoms with Crippen LogP contribution in [0.1, 0.15) is 49.0 Å². The first-order valence-electron chi connectivity index (χ1n) is 7.06. The van der Waals surface area contributed by atoms with E-state index in [1.54, 1.807) is 0 Å². The predicted molar refractivity (Wildman–Crippen MR) is 84.4 cm³/mol. The van der Waals surface area contributed by atoms with Crippen molar-refractivity contribution >= 4 is 18.7 Å². The smallest absolute Gasteiger partial charge is 0.150 e. The Morgan fingerprint density at radius 1 is 1.00 bits per heavy atom. The number of halogens is 1. The molecule has 1 rings (SSSR count). The molecule has 0 radical (unpaired) electrons. The monoisotopic (exact) mass is 283 g/mol. The van der Waals surface area contributed by atoms with Crippen molar-refractivity contribution < 1.29 is 4.79 Å². The van der Waals surface area contributed by atoms with Crippen LogP contribution in [-0.2, 0) is 6.42 Å². The Labute approximate surface area is 123 Å². The maximum absolute atomic E-state index is 10.6. The molecular formula is C16H26ClNO. The molecule has 2 nitrogen and oxygen atoms in total. The fourth-order valence-corrected chi connectivity index (χ4v) is 2.24. The zero-order valence-corrected chi connectivity index (χ0v) is 12.9. The van der Waals surface area contributed by atoms with Gasteiger partial charge in [0.05, 0.1) is 0 Å². The van der Waals surface area contributed by atoms with Crippen LogP contribution in [-0.4, -0.2) is 30.8 Å². The molecule has 3 heteroatoms. The van der Waals surface area contributed by atoms with Gasteiger partial charge in [0.25, 0.3) is 0 Å². The molecule has 0 heterocycles. The van der Waals surface area contributed by atoms with Crippen LogP contribution in [0.2, 0.25) is 0 Å². The van der Waals surface area contributed by atoms with Crippen LogP contribution in [0.3, 0.4) is 0 Å². The van der Waals surface area contributed by atoms with Crippen molar-refractivity contribution in [2.24, 2.45) is 0 Å². The van der Waals surface area contributed by atoms with Gasteiger partial charge in [0.1, 0.15) is 6.29 Å². The van der Waals surface area contributed by atoms with Crippen molar-refractivity contribution in [3.8, 4) is 0 Å². The molecule has 1 aromatic carbocycles. The third-order valence-electron chi connectivity index (χ3n) is 3.14. The highest BCUT2D eigenvalue weighted by Gasteiger charge is 2.02. The highest BCUT2D eigenvalue weighted by Crippen LogP contribution is 2.06. The summed E-state index contributed by atoms with van der Waals surface area (Å²) in [7, 11) is 0. The quantitative estimate of drug-likeness (QED) is 0.639. The lowest BCUT2D eigenvalue weighted by Crippen LogP contribution is -2.26. The maximum atomic E-state index is 10.6. The Morgan fingerprint density at radius 2 is 1.58 bits per heavy atom. The van der Waals surface area contributed by atoms with E-state index in [-0.39, 0.29) is 12.4 Å². The van der Waals surface area contributed by atoms with Crippen molar-refractivity contribution in [1.82, 2.24) is 4.90 Å². The second-order valence-electron chi connectivity index (χ2n) is 4.80. The molecule has 0 atom stereocenters. The van der Waals surface area contributed by atoms with Gasteiger partial charge in [-0.15, -0.1) is 12.4 Å². The summed E-state index contributed by atoms with van der Waals surface area (Å²) in [6, 6.07) is 7.93. The number of carbonyl (C=O) groups is 1. The van der Waals surface area contributed by atoms with Crippen molar-refractivity contribution in [2.75, 3.05) is 19.6 Å².